The fourth-order valence-electron chi connectivity index (χ4n) is 9.68. The number of hydrogen-bond donors (Lipinski definition) is 4. The number of imide groups is 1. The summed E-state index contributed by atoms with van der Waals surface area (Å²) in [4.78, 5) is 82.7. The number of sulfonamides is 1. The van der Waals surface area contributed by atoms with Crippen molar-refractivity contribution in [1.29, 1.82) is 0 Å². The number of nitrogens with zero attached hydrogens (tertiary/aromatic N) is 5. The smallest absolute Gasteiger partial charge is 0.345 e. The summed E-state index contributed by atoms with van der Waals surface area (Å²) >= 11 is 0. The number of aromatic nitrogens is 1. The summed E-state index contributed by atoms with van der Waals surface area (Å²) in [6.45, 7) is 6.85. The van der Waals surface area contributed by atoms with Gasteiger partial charge in [-0.25, -0.2) is 22.7 Å². The average Bonchev–Trinajstić information content (AvgIpc) is 3.66. The lowest BCUT2D eigenvalue weighted by Crippen LogP contribution is -2.48. The number of hydroxylamine groups is 2. The number of likely N-dealkylation sites (N-methyl/N-ethyl adjacent to an activating group) is 1. The number of carbonyl (C=O) groups excluding carboxylic acids is 6. The van der Waals surface area contributed by atoms with Gasteiger partial charge in [-0.15, -0.1) is 5.06 Å². The largest absolute Gasteiger partial charge is 0.422 e. The van der Waals surface area contributed by atoms with E-state index in [9.17, 15) is 58.6 Å². The molecule has 5 rings (SSSR count). The number of carbonyl (C=O) groups is 6. The molecule has 0 saturated carbocycles. The van der Waals surface area contributed by atoms with Crippen LogP contribution in [0.15, 0.2) is 60.7 Å². The lowest BCUT2D eigenvalue weighted by Gasteiger charge is -2.35. The summed E-state index contributed by atoms with van der Waals surface area (Å²) in [5.74, 6) is -3.87. The maximum Gasteiger partial charge on any atom is 0.345 e. The predicted octanol–water partition coefficient (Wildman–Crippen LogP) is 3.25. The molecule has 1 saturated heterocycles. The number of pyridine rings is 1. The van der Waals surface area contributed by atoms with Crippen LogP contribution < -0.4 is 19.3 Å². The molecule has 0 radical (unpaired) electrons. The first-order chi connectivity index (χ1) is 37.0. The number of rotatable bonds is 32. The van der Waals surface area contributed by atoms with Crippen molar-refractivity contribution in [2.75, 3.05) is 97.8 Å². The van der Waals surface area contributed by atoms with Gasteiger partial charge in [-0.1, -0.05) is 24.3 Å². The van der Waals surface area contributed by atoms with Crippen molar-refractivity contribution < 1.29 is 86.2 Å². The minimum absolute atomic E-state index is 0.00623. The van der Waals surface area contributed by atoms with E-state index in [0.717, 1.165) is 0 Å². The van der Waals surface area contributed by atoms with Gasteiger partial charge in [0.05, 0.1) is 94.0 Å². The fourth-order valence-corrected chi connectivity index (χ4v) is 11.7. The molecule has 1 aliphatic rings. The topological polar surface area (TPSA) is 298 Å². The maximum absolute atomic E-state index is 14.4. The Hall–Kier alpha value is -6.00. The molecule has 1 atom stereocenters. The Morgan fingerprint density at radius 2 is 1.24 bits per heavy atom. The summed E-state index contributed by atoms with van der Waals surface area (Å²) < 4.78 is 102. The fraction of sp³-hybridized carbons (Fsp3) is 0.528. The van der Waals surface area contributed by atoms with E-state index < -0.39 is 59.8 Å². The lowest BCUT2D eigenvalue weighted by atomic mass is 10.0. The quantitative estimate of drug-likeness (QED) is 0.00798. The molecule has 26 heteroatoms. The Kier molecular flexibility index (Phi) is 22.6. The number of ether oxygens (including phenoxy) is 1. The van der Waals surface area contributed by atoms with Gasteiger partial charge in [0, 0.05) is 95.6 Å². The van der Waals surface area contributed by atoms with Crippen LogP contribution in [0.25, 0.3) is 21.8 Å². The summed E-state index contributed by atoms with van der Waals surface area (Å²) in [7, 11) is -4.67. The molecule has 4 aromatic rings. The Balaban J connectivity index is 1.17. The van der Waals surface area contributed by atoms with Gasteiger partial charge in [0.25, 0.3) is 38.0 Å². The first kappa shape index (κ1) is 63.8. The molecular weight excluding hydrogens is 1090 g/mol. The van der Waals surface area contributed by atoms with Gasteiger partial charge in [0.1, 0.15) is 5.75 Å². The van der Waals surface area contributed by atoms with E-state index in [-0.39, 0.29) is 87.0 Å². The molecule has 4 N–H and O–H groups in total. The van der Waals surface area contributed by atoms with Crippen molar-refractivity contribution in [2.24, 2.45) is 0 Å². The third-order valence-corrected chi connectivity index (χ3v) is 16.9. The van der Waals surface area contributed by atoms with Gasteiger partial charge in [-0.05, 0) is 55.7 Å². The molecule has 4 amide bonds. The number of nitrogens with one attached hydrogen (secondary N) is 2. The zero-order valence-corrected chi connectivity index (χ0v) is 48.4. The first-order valence-corrected chi connectivity index (χ1v) is 31.1. The normalized spacial score (nSPS) is 14.2. The number of hydrogen-bond acceptors (Lipinski definition) is 14. The second-order valence-corrected chi connectivity index (χ2v) is 26.2. The standard InChI is InChI=1S/C53H73N7O16S3/c1-39-37-41(52(65)56(3)27-13-31-60(6,32-16-36-79(72,73)74)30-12-25-54-46(61)21-11-22-49(64)76-58-47(62)23-24-48(58)63)38-40(2)51(39)75-53(66)50-42-17-7-9-19-44(42)57(45-20-10-8-18-43(45)50)28-14-34-77(67,68)55-26-33-59(4,5)29-15-35-78(69,70)71/h7-10,17-20,37-38,55H,11-16,21-36H2,1-6H3/p+3. The Labute approximate surface area is 462 Å². The van der Waals surface area contributed by atoms with E-state index in [1.165, 1.54) is 0 Å². The first-order valence-electron chi connectivity index (χ1n) is 26.3. The van der Waals surface area contributed by atoms with Crippen molar-refractivity contribution in [2.45, 2.75) is 84.6 Å². The summed E-state index contributed by atoms with van der Waals surface area (Å²) in [6, 6.07) is 17.9. The molecule has 0 aliphatic carbocycles. The molecular formula is C53H76N7O16S3+3. The van der Waals surface area contributed by atoms with Crippen LogP contribution in [-0.2, 0) is 60.8 Å². The Bertz CT molecular complexity index is 3150. The van der Waals surface area contributed by atoms with Gasteiger partial charge >= 0.3 is 11.9 Å². The van der Waals surface area contributed by atoms with Crippen molar-refractivity contribution >= 4 is 87.6 Å². The highest BCUT2D eigenvalue weighted by molar-refractivity contribution is 7.89. The van der Waals surface area contributed by atoms with E-state index in [2.05, 4.69) is 10.0 Å². The van der Waals surface area contributed by atoms with Crippen LogP contribution in [0.5, 0.6) is 5.75 Å². The molecule has 0 spiro atoms. The Morgan fingerprint density at radius 3 is 1.82 bits per heavy atom. The molecule has 0 bridgehead atoms. The summed E-state index contributed by atoms with van der Waals surface area (Å²) in [5.41, 5.74) is 3.15. The van der Waals surface area contributed by atoms with E-state index in [1.807, 2.05) is 62.1 Å². The van der Waals surface area contributed by atoms with Crippen LogP contribution in [-0.4, -0.2) is 187 Å². The number of amides is 4. The number of aryl methyl sites for hydroxylation is 3. The van der Waals surface area contributed by atoms with Crippen LogP contribution >= 0.6 is 0 Å². The molecule has 434 valence electrons. The minimum atomic E-state index is -4.20. The van der Waals surface area contributed by atoms with Crippen molar-refractivity contribution in [3.63, 3.8) is 0 Å². The lowest BCUT2D eigenvalue weighted by molar-refractivity contribution is -0.909. The predicted molar refractivity (Wildman–Crippen MR) is 294 cm³/mol. The highest BCUT2D eigenvalue weighted by atomic mass is 32.2. The number of esters is 1. The van der Waals surface area contributed by atoms with E-state index >= 15 is 0 Å². The van der Waals surface area contributed by atoms with Crippen LogP contribution in [0.3, 0.4) is 0 Å². The molecule has 1 aliphatic heterocycles. The van der Waals surface area contributed by atoms with E-state index in [1.54, 1.807) is 50.1 Å². The van der Waals surface area contributed by atoms with E-state index in [4.69, 9.17) is 14.1 Å². The van der Waals surface area contributed by atoms with Crippen LogP contribution in [0.1, 0.15) is 96.1 Å². The third-order valence-electron chi connectivity index (χ3n) is 13.9. The highest BCUT2D eigenvalue weighted by Crippen LogP contribution is 2.31. The number of benzene rings is 3. The monoisotopic (exact) mass is 1160 g/mol. The number of quaternary nitrogens is 2. The van der Waals surface area contributed by atoms with Gasteiger partial charge in [-0.2, -0.15) is 21.4 Å². The summed E-state index contributed by atoms with van der Waals surface area (Å²) in [5, 5.41) is 4.45. The SMILES string of the molecule is Cc1cc(C(=O)N(C)CCC[N+](C)(CCCNC(=O)CCCC(=O)ON2C(=O)CCC2=O)CCCS(=O)(=O)O)cc(C)c1OC(=O)c1c2ccccc2[n+](CCCS(=O)(=O)NCC[N+](C)(C)CCCS(=O)(=O)O)c2ccccc12. The molecule has 1 unspecified atom stereocenters. The van der Waals surface area contributed by atoms with Gasteiger partial charge in [0.15, 0.2) is 6.54 Å². The molecule has 3 aromatic carbocycles. The van der Waals surface area contributed by atoms with Gasteiger partial charge in [-0.3, -0.25) is 28.3 Å². The van der Waals surface area contributed by atoms with Gasteiger partial charge < -0.3 is 28.8 Å². The van der Waals surface area contributed by atoms with Crippen LogP contribution in [0.2, 0.25) is 0 Å². The van der Waals surface area contributed by atoms with E-state index in [0.29, 0.717) is 123 Å². The summed E-state index contributed by atoms with van der Waals surface area (Å²) in [6.07, 6.45) is 1.61. The van der Waals surface area contributed by atoms with Crippen LogP contribution in [0.4, 0.5) is 0 Å². The minimum Gasteiger partial charge on any atom is -0.422 e. The second kappa shape index (κ2) is 27.9. The zero-order chi connectivity index (χ0) is 58.3. The second-order valence-electron chi connectivity index (χ2n) is 21.1. The number of fused-ring (bicyclic) bond motifs is 2. The maximum atomic E-state index is 14.4. The van der Waals surface area contributed by atoms with Crippen LogP contribution in [0, 0.1) is 13.8 Å². The average molecular weight is 1160 g/mol. The highest BCUT2D eigenvalue weighted by Gasteiger charge is 2.33. The molecule has 2 heterocycles. The third kappa shape index (κ3) is 19.9. The van der Waals surface area contributed by atoms with Crippen molar-refractivity contribution in [3.8, 4) is 5.75 Å². The molecule has 79 heavy (non-hydrogen) atoms. The molecule has 23 nitrogen and oxygen atoms in total. The number of para-hydroxylation sites is 2. The van der Waals surface area contributed by atoms with Crippen molar-refractivity contribution in [3.05, 3.63) is 82.9 Å². The zero-order valence-electron chi connectivity index (χ0n) is 45.9. The Morgan fingerprint density at radius 1 is 0.696 bits per heavy atom. The molecule has 1 fully saturated rings. The van der Waals surface area contributed by atoms with Crippen molar-refractivity contribution in [1.82, 2.24) is 20.0 Å². The molecule has 1 aromatic heterocycles. The van der Waals surface area contributed by atoms with Gasteiger partial charge in [0.2, 0.25) is 27.0 Å².